The number of hydrogen-bond donors (Lipinski definition) is 2. The third-order valence-corrected chi connectivity index (χ3v) is 6.00. The molecule has 1 amide bonds. The van der Waals surface area contributed by atoms with Gasteiger partial charge in [0.2, 0.25) is 11.8 Å². The Hall–Kier alpha value is -2.44. The van der Waals surface area contributed by atoms with Gasteiger partial charge in [0.15, 0.2) is 0 Å². The zero-order valence-corrected chi connectivity index (χ0v) is 17.2. The number of anilines is 1. The molecular weight excluding hydrogens is 354 g/mol. The molecule has 2 aromatic rings. The zero-order chi connectivity index (χ0) is 20.5. The summed E-state index contributed by atoms with van der Waals surface area (Å²) in [7, 11) is 0. The highest BCUT2D eigenvalue weighted by atomic mass is 16.5. The van der Waals surface area contributed by atoms with E-state index in [0.717, 1.165) is 16.9 Å². The highest BCUT2D eigenvalue weighted by Crippen LogP contribution is 2.50. The normalized spacial score (nSPS) is 23.0. The third-order valence-electron chi connectivity index (χ3n) is 6.00. The van der Waals surface area contributed by atoms with Crippen molar-refractivity contribution in [1.29, 1.82) is 0 Å². The standard InChI is InChI=1S/C22H29N3O3/c1-6-27-18-12-22(23,21(18,4)5)20(26)25-16-10-11-19(24-13-16)28-17-9-7-8-14(2)15(17)3/h7-11,13,18H,6,12,23H2,1-5H3,(H,25,26). The summed E-state index contributed by atoms with van der Waals surface area (Å²) in [6.45, 7) is 10.5. The number of hydrogen-bond acceptors (Lipinski definition) is 5. The predicted octanol–water partition coefficient (Wildman–Crippen LogP) is 3.96. The molecule has 3 rings (SSSR count). The molecular formula is C22H29N3O3. The minimum atomic E-state index is -0.972. The van der Waals surface area contributed by atoms with E-state index < -0.39 is 11.0 Å². The Bertz CT molecular complexity index is 864. The van der Waals surface area contributed by atoms with Crippen molar-refractivity contribution in [3.8, 4) is 11.6 Å². The van der Waals surface area contributed by atoms with Crippen LogP contribution in [0.2, 0.25) is 0 Å². The van der Waals surface area contributed by atoms with Crippen molar-refractivity contribution in [2.75, 3.05) is 11.9 Å². The summed E-state index contributed by atoms with van der Waals surface area (Å²) in [5.41, 5.74) is 7.82. The van der Waals surface area contributed by atoms with Crippen molar-refractivity contribution < 1.29 is 14.3 Å². The number of benzene rings is 1. The van der Waals surface area contributed by atoms with Gasteiger partial charge in [-0.05, 0) is 44.0 Å². The second kappa shape index (κ2) is 7.53. The van der Waals surface area contributed by atoms with Crippen LogP contribution in [0.15, 0.2) is 36.5 Å². The van der Waals surface area contributed by atoms with Gasteiger partial charge in [-0.3, -0.25) is 4.79 Å². The number of carbonyl (C=O) groups excluding carboxylic acids is 1. The Kier molecular flexibility index (Phi) is 5.46. The van der Waals surface area contributed by atoms with E-state index in [1.165, 1.54) is 0 Å². The number of rotatable bonds is 6. The molecule has 1 aromatic heterocycles. The number of amides is 1. The summed E-state index contributed by atoms with van der Waals surface area (Å²) < 4.78 is 11.5. The van der Waals surface area contributed by atoms with Gasteiger partial charge >= 0.3 is 0 Å². The fourth-order valence-corrected chi connectivity index (χ4v) is 3.53. The van der Waals surface area contributed by atoms with E-state index >= 15 is 0 Å². The van der Waals surface area contributed by atoms with Gasteiger partial charge in [0, 0.05) is 24.5 Å². The Morgan fingerprint density at radius 1 is 1.29 bits per heavy atom. The van der Waals surface area contributed by atoms with Crippen LogP contribution in [0.5, 0.6) is 11.6 Å². The maximum Gasteiger partial charge on any atom is 0.245 e. The van der Waals surface area contributed by atoms with Crippen LogP contribution in [0.1, 0.15) is 38.3 Å². The van der Waals surface area contributed by atoms with Gasteiger partial charge < -0.3 is 20.5 Å². The lowest BCUT2D eigenvalue weighted by Crippen LogP contribution is -2.74. The number of aryl methyl sites for hydroxylation is 1. The summed E-state index contributed by atoms with van der Waals surface area (Å²) >= 11 is 0. The Labute approximate surface area is 166 Å². The molecule has 0 spiro atoms. The number of aromatic nitrogens is 1. The maximum atomic E-state index is 12.8. The topological polar surface area (TPSA) is 86.5 Å². The average Bonchev–Trinajstić information content (AvgIpc) is 2.66. The van der Waals surface area contributed by atoms with Gasteiger partial charge in [-0.1, -0.05) is 26.0 Å². The highest BCUT2D eigenvalue weighted by molar-refractivity contribution is 5.99. The Morgan fingerprint density at radius 2 is 2.04 bits per heavy atom. The first-order valence-electron chi connectivity index (χ1n) is 9.61. The van der Waals surface area contributed by atoms with Crippen LogP contribution in [-0.2, 0) is 9.53 Å². The monoisotopic (exact) mass is 383 g/mol. The quantitative estimate of drug-likeness (QED) is 0.788. The first-order valence-corrected chi connectivity index (χ1v) is 9.61. The first kappa shape index (κ1) is 20.3. The fraction of sp³-hybridized carbons (Fsp3) is 0.455. The molecule has 1 aliphatic rings. The number of nitrogens with zero attached hydrogens (tertiary/aromatic N) is 1. The van der Waals surface area contributed by atoms with E-state index in [4.69, 9.17) is 15.2 Å². The van der Waals surface area contributed by atoms with Gasteiger partial charge in [-0.15, -0.1) is 0 Å². The van der Waals surface area contributed by atoms with Crippen LogP contribution < -0.4 is 15.8 Å². The van der Waals surface area contributed by atoms with Crippen LogP contribution in [0.4, 0.5) is 5.69 Å². The minimum absolute atomic E-state index is 0.0141. The molecule has 2 unspecified atom stereocenters. The van der Waals surface area contributed by atoms with Crippen molar-refractivity contribution in [2.45, 2.75) is 52.7 Å². The van der Waals surface area contributed by atoms with Crippen LogP contribution in [0.3, 0.4) is 0 Å². The number of nitrogens with one attached hydrogen (secondary N) is 1. The van der Waals surface area contributed by atoms with Crippen molar-refractivity contribution >= 4 is 11.6 Å². The molecule has 28 heavy (non-hydrogen) atoms. The molecule has 6 heteroatoms. The van der Waals surface area contributed by atoms with Crippen molar-refractivity contribution in [3.05, 3.63) is 47.7 Å². The van der Waals surface area contributed by atoms with Crippen LogP contribution in [0.25, 0.3) is 0 Å². The van der Waals surface area contributed by atoms with Crippen molar-refractivity contribution in [1.82, 2.24) is 4.98 Å². The summed E-state index contributed by atoms with van der Waals surface area (Å²) in [6.07, 6.45) is 2.06. The van der Waals surface area contributed by atoms with E-state index in [1.54, 1.807) is 18.3 Å². The first-order chi connectivity index (χ1) is 13.2. The predicted molar refractivity (Wildman–Crippen MR) is 110 cm³/mol. The van der Waals surface area contributed by atoms with Crippen LogP contribution in [0, 0.1) is 19.3 Å². The summed E-state index contributed by atoms with van der Waals surface area (Å²) in [5.74, 6) is 1.01. The van der Waals surface area contributed by atoms with E-state index in [2.05, 4.69) is 10.3 Å². The molecule has 1 saturated carbocycles. The number of nitrogens with two attached hydrogens (primary N) is 1. The van der Waals surface area contributed by atoms with E-state index in [0.29, 0.717) is 24.6 Å². The molecule has 150 valence electrons. The Morgan fingerprint density at radius 3 is 2.64 bits per heavy atom. The minimum Gasteiger partial charge on any atom is -0.439 e. The van der Waals surface area contributed by atoms with Crippen LogP contribution >= 0.6 is 0 Å². The lowest BCUT2D eigenvalue weighted by molar-refractivity contribution is -0.166. The molecule has 1 aromatic carbocycles. The molecule has 3 N–H and O–H groups in total. The average molecular weight is 383 g/mol. The van der Waals surface area contributed by atoms with E-state index in [9.17, 15) is 4.79 Å². The van der Waals surface area contributed by atoms with E-state index in [-0.39, 0.29) is 12.0 Å². The highest BCUT2D eigenvalue weighted by Gasteiger charge is 2.62. The lowest BCUT2D eigenvalue weighted by atomic mass is 9.54. The third kappa shape index (κ3) is 3.50. The molecule has 0 bridgehead atoms. The zero-order valence-electron chi connectivity index (χ0n) is 17.2. The summed E-state index contributed by atoms with van der Waals surface area (Å²) in [4.78, 5) is 17.1. The van der Waals surface area contributed by atoms with Crippen molar-refractivity contribution in [2.24, 2.45) is 11.1 Å². The summed E-state index contributed by atoms with van der Waals surface area (Å²) in [6, 6.07) is 9.39. The largest absolute Gasteiger partial charge is 0.439 e. The maximum absolute atomic E-state index is 12.8. The van der Waals surface area contributed by atoms with E-state index in [1.807, 2.05) is 52.8 Å². The van der Waals surface area contributed by atoms with Gasteiger partial charge in [0.1, 0.15) is 11.3 Å². The van der Waals surface area contributed by atoms with Gasteiger partial charge in [-0.25, -0.2) is 4.98 Å². The van der Waals surface area contributed by atoms with Gasteiger partial charge in [0.25, 0.3) is 0 Å². The van der Waals surface area contributed by atoms with Gasteiger partial charge in [0.05, 0.1) is 18.0 Å². The van der Waals surface area contributed by atoms with Crippen molar-refractivity contribution in [3.63, 3.8) is 0 Å². The molecule has 1 aliphatic carbocycles. The fourth-order valence-electron chi connectivity index (χ4n) is 3.53. The number of carbonyl (C=O) groups is 1. The number of pyridine rings is 1. The molecule has 6 nitrogen and oxygen atoms in total. The molecule has 0 radical (unpaired) electrons. The van der Waals surface area contributed by atoms with Crippen LogP contribution in [-0.4, -0.2) is 29.1 Å². The summed E-state index contributed by atoms with van der Waals surface area (Å²) in [5, 5.41) is 2.88. The molecule has 1 fully saturated rings. The second-order valence-electron chi connectivity index (χ2n) is 7.98. The number of ether oxygens (including phenoxy) is 2. The molecule has 2 atom stereocenters. The van der Waals surface area contributed by atoms with Gasteiger partial charge in [-0.2, -0.15) is 0 Å². The molecule has 0 aliphatic heterocycles. The Balaban J connectivity index is 1.66. The SMILES string of the molecule is CCOC1CC(N)(C(=O)Nc2ccc(Oc3cccc(C)c3C)nc2)C1(C)C. The second-order valence-corrected chi connectivity index (χ2v) is 7.98. The smallest absolute Gasteiger partial charge is 0.245 e. The lowest BCUT2D eigenvalue weighted by Gasteiger charge is -2.57. The molecule has 0 saturated heterocycles. The molecule has 1 heterocycles.